The van der Waals surface area contributed by atoms with E-state index in [0.29, 0.717) is 6.54 Å². The third-order valence-electron chi connectivity index (χ3n) is 2.83. The summed E-state index contributed by atoms with van der Waals surface area (Å²) in [6.45, 7) is 4.32. The fourth-order valence-electron chi connectivity index (χ4n) is 1.96. The van der Waals surface area contributed by atoms with E-state index in [4.69, 9.17) is 19.6 Å². The van der Waals surface area contributed by atoms with Crippen LogP contribution < -0.4 is 0 Å². The summed E-state index contributed by atoms with van der Waals surface area (Å²) in [6.07, 6.45) is 2.51. The Morgan fingerprint density at radius 3 is 1.67 bits per heavy atom. The van der Waals surface area contributed by atoms with Gasteiger partial charge in [0.15, 0.2) is 0 Å². The average Bonchev–Trinajstić information content (AvgIpc) is 2.19. The molecule has 21 heavy (non-hydrogen) atoms. The first-order valence-electron chi connectivity index (χ1n) is 6.39. The van der Waals surface area contributed by atoms with Crippen LogP contribution in [0.25, 0.3) is 0 Å². The zero-order valence-corrected chi connectivity index (χ0v) is 21.5. The summed E-state index contributed by atoms with van der Waals surface area (Å²) >= 11 is 0. The number of rotatable bonds is 10. The van der Waals surface area contributed by atoms with Gasteiger partial charge in [-0.3, -0.25) is 14.0 Å². The van der Waals surface area contributed by atoms with Gasteiger partial charge in [-0.15, -0.1) is 0 Å². The maximum Gasteiger partial charge on any atom is 0.339 e. The van der Waals surface area contributed by atoms with Gasteiger partial charge in [0.2, 0.25) is 0 Å². The minimum atomic E-state index is -4.32. The number of unbranched alkanes of at least 4 members (excludes halogenated alkanes) is 1. The van der Waals surface area contributed by atoms with Crippen molar-refractivity contribution in [1.29, 1.82) is 0 Å². The van der Waals surface area contributed by atoms with Gasteiger partial charge >= 0.3 is 15.2 Å². The largest absolute Gasteiger partial charge is 0.339 e. The fourth-order valence-corrected chi connectivity index (χ4v) is 3.59. The Morgan fingerprint density at radius 1 is 0.952 bits per heavy atom. The first-order chi connectivity index (χ1) is 8.57. The van der Waals surface area contributed by atoms with Gasteiger partial charge in [-0.05, 0) is 12.3 Å². The topological polar surface area (TPSA) is 118 Å². The average molecular weight is 395 g/mol. The van der Waals surface area contributed by atoms with E-state index in [1.165, 1.54) is 4.90 Å². The van der Waals surface area contributed by atoms with Gasteiger partial charge in [0.1, 0.15) is 12.6 Å². The van der Waals surface area contributed by atoms with Crippen molar-refractivity contribution in [3.8, 4) is 0 Å². The molecular formula is C10H25K2NO6P2. The molecule has 0 aromatic rings. The Labute approximate surface area is 212 Å². The third-order valence-corrected chi connectivity index (χ3v) is 4.37. The van der Waals surface area contributed by atoms with Crippen molar-refractivity contribution in [3.05, 3.63) is 0 Å². The van der Waals surface area contributed by atoms with Crippen molar-refractivity contribution in [2.24, 2.45) is 5.92 Å². The molecule has 0 aliphatic heterocycles. The first kappa shape index (κ1) is 29.3. The second-order valence-electron chi connectivity index (χ2n) is 4.88. The molecule has 0 aromatic heterocycles. The van der Waals surface area contributed by atoms with Crippen molar-refractivity contribution in [2.45, 2.75) is 39.5 Å². The van der Waals surface area contributed by atoms with E-state index >= 15 is 0 Å². The van der Waals surface area contributed by atoms with Crippen molar-refractivity contribution in [1.82, 2.24) is 4.90 Å². The molecule has 0 aliphatic carbocycles. The smallest absolute Gasteiger partial charge is 0.324 e. The normalized spacial score (nSPS) is 13.5. The Hall–Kier alpha value is 3.53. The molecule has 0 rings (SSSR count). The summed E-state index contributed by atoms with van der Waals surface area (Å²) in [5.74, 6) is 0.193. The van der Waals surface area contributed by atoms with Crippen LogP contribution in [0.3, 0.4) is 0 Å². The minimum Gasteiger partial charge on any atom is -0.324 e. The molecular weight excluding hydrogens is 370 g/mol. The van der Waals surface area contributed by atoms with E-state index in [0.717, 1.165) is 25.7 Å². The summed E-state index contributed by atoms with van der Waals surface area (Å²) in [4.78, 5) is 37.0. The van der Waals surface area contributed by atoms with Crippen LogP contribution in [0.5, 0.6) is 0 Å². The van der Waals surface area contributed by atoms with Gasteiger partial charge in [0.25, 0.3) is 0 Å². The molecule has 1 atom stereocenters. The number of nitrogens with zero attached hydrogens (tertiary/aromatic N) is 1. The van der Waals surface area contributed by atoms with E-state index in [1.54, 1.807) is 0 Å². The molecule has 0 bridgehead atoms. The van der Waals surface area contributed by atoms with Gasteiger partial charge in [-0.25, -0.2) is 0 Å². The molecule has 0 saturated heterocycles. The van der Waals surface area contributed by atoms with Crippen molar-refractivity contribution >= 4 is 118 Å². The van der Waals surface area contributed by atoms with E-state index in [2.05, 4.69) is 6.92 Å². The minimum absolute atomic E-state index is 0. The number of hydrogen-bond donors (Lipinski definition) is 4. The predicted molar refractivity (Wildman–Crippen MR) is 85.3 cm³/mol. The van der Waals surface area contributed by atoms with Crippen molar-refractivity contribution in [3.63, 3.8) is 0 Å². The van der Waals surface area contributed by atoms with Crippen LogP contribution in [0, 0.1) is 5.92 Å². The molecule has 0 heterocycles. The first-order valence-corrected chi connectivity index (χ1v) is 9.98. The zero-order chi connectivity index (χ0) is 15.1. The summed E-state index contributed by atoms with van der Waals surface area (Å²) in [5.41, 5.74) is 0. The molecule has 118 valence electrons. The quantitative estimate of drug-likeness (QED) is 0.322. The zero-order valence-electron chi connectivity index (χ0n) is 13.5. The van der Waals surface area contributed by atoms with Gasteiger partial charge < -0.3 is 19.6 Å². The van der Waals surface area contributed by atoms with Crippen LogP contribution in [0.15, 0.2) is 0 Å². The Morgan fingerprint density at radius 2 is 1.38 bits per heavy atom. The van der Waals surface area contributed by atoms with E-state index < -0.39 is 27.8 Å². The fraction of sp³-hybridized carbons (Fsp3) is 1.00. The van der Waals surface area contributed by atoms with Gasteiger partial charge in [-0.1, -0.05) is 33.1 Å². The summed E-state index contributed by atoms with van der Waals surface area (Å²) in [7, 11) is -8.64. The van der Waals surface area contributed by atoms with E-state index in [1.807, 2.05) is 6.92 Å². The molecule has 4 N–H and O–H groups in total. The van der Waals surface area contributed by atoms with Gasteiger partial charge in [0, 0.05) is 109 Å². The van der Waals surface area contributed by atoms with Crippen LogP contribution in [0.2, 0.25) is 0 Å². The van der Waals surface area contributed by atoms with E-state index in [9.17, 15) is 9.13 Å². The summed E-state index contributed by atoms with van der Waals surface area (Å²) in [5, 5.41) is 0. The molecule has 7 nitrogen and oxygen atoms in total. The molecule has 0 aliphatic rings. The van der Waals surface area contributed by atoms with Crippen molar-refractivity contribution in [2.75, 3.05) is 19.1 Å². The van der Waals surface area contributed by atoms with Gasteiger partial charge in [-0.2, -0.15) is 0 Å². The molecule has 0 aromatic carbocycles. The predicted octanol–water partition coefficient (Wildman–Crippen LogP) is 1.01. The van der Waals surface area contributed by atoms with Crippen molar-refractivity contribution < 1.29 is 28.7 Å². The van der Waals surface area contributed by atoms with Crippen LogP contribution in [-0.4, -0.2) is 146 Å². The Bertz CT molecular complexity index is 324. The van der Waals surface area contributed by atoms with Crippen LogP contribution in [0.4, 0.5) is 0 Å². The Balaban J connectivity index is -0.00000162. The second-order valence-corrected chi connectivity index (χ2v) is 8.11. The maximum atomic E-state index is 11.0. The Kier molecular flexibility index (Phi) is 20.5. The van der Waals surface area contributed by atoms with Gasteiger partial charge in [0.05, 0.1) is 0 Å². The van der Waals surface area contributed by atoms with Crippen LogP contribution >= 0.6 is 15.2 Å². The van der Waals surface area contributed by atoms with E-state index in [-0.39, 0.29) is 109 Å². The SMILES string of the molecule is CCCCC(CC)CN(CP(=O)(O)O)CP(=O)(O)O.[K].[K]. The molecule has 2 radical (unpaired) electrons. The van der Waals surface area contributed by atoms with Crippen LogP contribution in [0.1, 0.15) is 39.5 Å². The molecule has 0 fully saturated rings. The summed E-state index contributed by atoms with van der Waals surface area (Å²) < 4.78 is 22.0. The molecule has 11 heteroatoms. The molecule has 1 unspecified atom stereocenters. The third kappa shape index (κ3) is 19.7. The maximum absolute atomic E-state index is 11.0. The number of hydrogen-bond acceptors (Lipinski definition) is 3. The standard InChI is InChI=1S/C10H25NO6P2.2K/c1-3-5-6-10(4-2)7-11(8-18(12,13)14)9-19(15,16)17;;/h10H,3-9H2,1-2H3,(H2,12,13,14)(H2,15,16,17);;. The monoisotopic (exact) mass is 395 g/mol. The summed E-state index contributed by atoms with van der Waals surface area (Å²) in [6, 6.07) is 0. The molecule has 0 spiro atoms. The molecule has 0 saturated carbocycles. The second kappa shape index (κ2) is 14.7. The molecule has 0 amide bonds. The van der Waals surface area contributed by atoms with Crippen LogP contribution in [-0.2, 0) is 9.13 Å².